The minimum absolute atomic E-state index is 0.0562. The summed E-state index contributed by atoms with van der Waals surface area (Å²) >= 11 is 2.47. The van der Waals surface area contributed by atoms with E-state index in [-0.39, 0.29) is 11.1 Å². The van der Waals surface area contributed by atoms with Crippen molar-refractivity contribution in [2.45, 2.75) is 91.9 Å². The van der Waals surface area contributed by atoms with Crippen molar-refractivity contribution in [1.29, 1.82) is 0 Å². The average molecular weight is 592 g/mol. The number of anilines is 1. The van der Waals surface area contributed by atoms with Crippen LogP contribution in [0.3, 0.4) is 0 Å². The first-order valence-electron chi connectivity index (χ1n) is 10.2. The molecule has 1 aromatic carbocycles. The maximum atomic E-state index is 5.12. The molecule has 158 valence electrons. The third-order valence-corrected chi connectivity index (χ3v) is 35.6. The van der Waals surface area contributed by atoms with Gasteiger partial charge in [0, 0.05) is 0 Å². The summed E-state index contributed by atoms with van der Waals surface area (Å²) in [4.78, 5) is 5.12. The molecule has 0 aliphatic heterocycles. The van der Waals surface area contributed by atoms with Crippen molar-refractivity contribution in [3.8, 4) is 0 Å². The molecule has 0 heterocycles. The summed E-state index contributed by atoms with van der Waals surface area (Å²) in [6.45, 7) is 28.8. The van der Waals surface area contributed by atoms with Gasteiger partial charge in [0.1, 0.15) is 0 Å². The van der Waals surface area contributed by atoms with Gasteiger partial charge in [0.25, 0.3) is 0 Å². The van der Waals surface area contributed by atoms with Crippen LogP contribution in [-0.2, 0) is 0 Å². The molecule has 0 saturated carbocycles. The summed E-state index contributed by atoms with van der Waals surface area (Å²) in [6, 6.07) is 10.9. The Labute approximate surface area is 191 Å². The SMILES string of the molecule is CC(C)(C)N=c1cccccc1[N]([Ge](=[Te])[N]([Si](C)(C)C)[Si](C)(C)C)C(C)(C)C. The molecule has 0 spiro atoms. The van der Waals surface area contributed by atoms with Crippen molar-refractivity contribution in [3.63, 3.8) is 0 Å². The van der Waals surface area contributed by atoms with E-state index in [4.69, 9.17) is 4.99 Å². The van der Waals surface area contributed by atoms with Gasteiger partial charge in [0.05, 0.1) is 0 Å². The van der Waals surface area contributed by atoms with Crippen LogP contribution in [0, 0.1) is 0 Å². The second-order valence-corrected chi connectivity index (χ2v) is 31.8. The molecule has 0 bridgehead atoms. The van der Waals surface area contributed by atoms with Gasteiger partial charge >= 0.3 is 192 Å². The third kappa shape index (κ3) is 7.50. The molecule has 0 saturated heterocycles. The molecule has 0 aliphatic carbocycles. The monoisotopic (exact) mass is 595 g/mol. The van der Waals surface area contributed by atoms with Gasteiger partial charge in [-0.25, -0.2) is 0 Å². The molecule has 0 unspecified atom stereocenters. The molecule has 0 N–H and O–H groups in total. The fourth-order valence-electron chi connectivity index (χ4n) is 3.60. The molecule has 28 heavy (non-hydrogen) atoms. The summed E-state index contributed by atoms with van der Waals surface area (Å²) in [6.07, 6.45) is 0. The molecule has 0 aliphatic rings. The predicted molar refractivity (Wildman–Crippen MR) is 134 cm³/mol. The van der Waals surface area contributed by atoms with Crippen LogP contribution < -0.4 is 9.21 Å². The fourth-order valence-corrected chi connectivity index (χ4v) is 53.4. The summed E-state index contributed by atoms with van der Waals surface area (Å²) in [5.74, 6) is 0. The predicted octanol–water partition coefficient (Wildman–Crippen LogP) is 5.12. The molecule has 3 nitrogen and oxygen atoms in total. The van der Waals surface area contributed by atoms with Crippen LogP contribution in [-0.4, -0.2) is 61.1 Å². The van der Waals surface area contributed by atoms with Gasteiger partial charge < -0.3 is 0 Å². The quantitative estimate of drug-likeness (QED) is 0.443. The van der Waals surface area contributed by atoms with E-state index in [0.717, 1.165) is 5.36 Å². The van der Waals surface area contributed by atoms with Gasteiger partial charge in [-0.05, 0) is 0 Å². The van der Waals surface area contributed by atoms with Gasteiger partial charge in [-0.15, -0.1) is 0 Å². The second kappa shape index (κ2) is 9.17. The van der Waals surface area contributed by atoms with Crippen LogP contribution in [0.25, 0.3) is 0 Å². The molecule has 0 fully saturated rings. The molecule has 1 aromatic rings. The first kappa shape index (κ1) is 26.3. The second-order valence-electron chi connectivity index (χ2n) is 11.4. The van der Waals surface area contributed by atoms with E-state index in [2.05, 4.69) is 138 Å². The van der Waals surface area contributed by atoms with E-state index in [0.29, 0.717) is 0 Å². The topological polar surface area (TPSA) is 18.8 Å². The van der Waals surface area contributed by atoms with Crippen molar-refractivity contribution in [2.75, 3.05) is 3.86 Å². The Morgan fingerprint density at radius 1 is 0.821 bits per heavy atom. The fraction of sp³-hybridized carbons (Fsp3) is 0.667. The van der Waals surface area contributed by atoms with Gasteiger partial charge in [0.15, 0.2) is 0 Å². The zero-order valence-corrected chi connectivity index (χ0v) is 26.6. The molecular weight excluding hydrogens is 551 g/mol. The van der Waals surface area contributed by atoms with Gasteiger partial charge in [-0.3, -0.25) is 0 Å². The Balaban J connectivity index is 3.84. The maximum absolute atomic E-state index is 5.12. The summed E-state index contributed by atoms with van der Waals surface area (Å²) in [7, 11) is -4.66. The Hall–Kier alpha value is 0.256. The normalized spacial score (nSPS) is 14.1. The number of hydrogen-bond donors (Lipinski definition) is 0. The van der Waals surface area contributed by atoms with Crippen LogP contribution in [0.1, 0.15) is 41.5 Å². The molecule has 7 heteroatoms. The van der Waals surface area contributed by atoms with Gasteiger partial charge in [-0.1, -0.05) is 0 Å². The van der Waals surface area contributed by atoms with Crippen molar-refractivity contribution in [2.24, 2.45) is 4.99 Å². The number of hydrogen-bond acceptors (Lipinski definition) is 3. The van der Waals surface area contributed by atoms with Crippen molar-refractivity contribution >= 4 is 52.5 Å². The molecule has 1 rings (SSSR count). The van der Waals surface area contributed by atoms with E-state index < -0.39 is 27.4 Å². The standard InChI is InChI=1S/C21H41GeN3Si2Te/c1-20(2,3)23-18-16-14-13-15-17-19(18)24(21(4,5)6)22(28)25(26(7,8)9)27(10,11)12/h13-17H,1-12H3. The first-order valence-corrected chi connectivity index (χ1v) is 25.8. The molecule has 0 atom stereocenters. The number of nitrogens with zero attached hydrogens (tertiary/aromatic N) is 3. The third-order valence-electron chi connectivity index (χ3n) is 4.08. The van der Waals surface area contributed by atoms with Crippen molar-refractivity contribution in [1.82, 2.24) is 3.19 Å². The van der Waals surface area contributed by atoms with Gasteiger partial charge in [-0.2, -0.15) is 0 Å². The van der Waals surface area contributed by atoms with Crippen molar-refractivity contribution in [3.05, 3.63) is 35.7 Å². The summed E-state index contributed by atoms with van der Waals surface area (Å²) in [5.41, 5.74) is 1.26. The minimum atomic E-state index is -1.77. The van der Waals surface area contributed by atoms with E-state index in [1.807, 2.05) is 0 Å². The molecule has 0 radical (unpaired) electrons. The molecule has 0 amide bonds. The average Bonchev–Trinajstić information content (AvgIpc) is 2.58. The Bertz CT molecular complexity index is 755. The van der Waals surface area contributed by atoms with E-state index in [1.54, 1.807) is 0 Å². The Kier molecular flexibility index (Phi) is 8.61. The van der Waals surface area contributed by atoms with E-state index >= 15 is 0 Å². The van der Waals surface area contributed by atoms with Crippen LogP contribution in [0.15, 0.2) is 35.3 Å². The zero-order valence-electron chi connectivity index (χ0n) is 20.1. The van der Waals surface area contributed by atoms with Crippen LogP contribution >= 0.6 is 0 Å². The molecule has 0 aromatic heterocycles. The summed E-state index contributed by atoms with van der Waals surface area (Å²) in [5, 5.41) is 1.12. The number of rotatable bonds is 5. The van der Waals surface area contributed by atoms with Gasteiger partial charge in [0.2, 0.25) is 0 Å². The molecular formula is C21H41GeN3Si2Te. The Morgan fingerprint density at radius 2 is 1.29 bits per heavy atom. The van der Waals surface area contributed by atoms with Crippen LogP contribution in [0.4, 0.5) is 5.69 Å². The van der Waals surface area contributed by atoms with Crippen LogP contribution in [0.5, 0.6) is 0 Å². The Morgan fingerprint density at radius 3 is 1.68 bits per heavy atom. The summed E-state index contributed by atoms with van der Waals surface area (Å²) < 4.78 is 5.84. The van der Waals surface area contributed by atoms with Crippen LogP contribution in [0.2, 0.25) is 39.3 Å². The van der Waals surface area contributed by atoms with Crippen molar-refractivity contribution < 1.29 is 0 Å². The van der Waals surface area contributed by atoms with E-state index in [1.165, 1.54) is 5.69 Å². The first-order chi connectivity index (χ1) is 12.4. The zero-order chi connectivity index (χ0) is 22.1. The van der Waals surface area contributed by atoms with E-state index in [9.17, 15) is 0 Å².